The fourth-order valence-corrected chi connectivity index (χ4v) is 3.71. The van der Waals surface area contributed by atoms with E-state index in [0.29, 0.717) is 34.2 Å². The molecule has 30 heavy (non-hydrogen) atoms. The first-order valence-corrected chi connectivity index (χ1v) is 11.0. The molecular formula is C19H16ClN7O2S. The summed E-state index contributed by atoms with van der Waals surface area (Å²) in [5.74, 6) is 1.63. The van der Waals surface area contributed by atoms with Crippen LogP contribution in [0.4, 0.5) is 5.82 Å². The van der Waals surface area contributed by atoms with Gasteiger partial charge in [0.05, 0.1) is 11.1 Å². The maximum absolute atomic E-state index is 11.7. The van der Waals surface area contributed by atoms with Gasteiger partial charge in [0.2, 0.25) is 5.28 Å². The zero-order chi connectivity index (χ0) is 21.3. The third-order valence-corrected chi connectivity index (χ3v) is 5.48. The molecule has 4 aromatic rings. The molecule has 9 nitrogen and oxygen atoms in total. The summed E-state index contributed by atoms with van der Waals surface area (Å²) >= 11 is 6.12. The van der Waals surface area contributed by atoms with Crippen LogP contribution in [0, 0.1) is 6.92 Å². The van der Waals surface area contributed by atoms with E-state index in [9.17, 15) is 8.42 Å². The molecule has 3 aromatic heterocycles. The lowest BCUT2D eigenvalue weighted by atomic mass is 10.2. The van der Waals surface area contributed by atoms with Crippen molar-refractivity contribution in [3.63, 3.8) is 0 Å². The molecule has 0 unspecified atom stereocenters. The summed E-state index contributed by atoms with van der Waals surface area (Å²) in [6, 6.07) is 12.0. The molecule has 0 spiro atoms. The molecule has 152 valence electrons. The zero-order valence-corrected chi connectivity index (χ0v) is 17.6. The minimum absolute atomic E-state index is 0.0244. The van der Waals surface area contributed by atoms with Crippen LogP contribution in [-0.4, -0.2) is 45.4 Å². The van der Waals surface area contributed by atoms with Crippen molar-refractivity contribution in [1.29, 1.82) is 0 Å². The van der Waals surface area contributed by atoms with Crippen LogP contribution in [0.1, 0.15) is 11.4 Å². The SMILES string of the molecule is Cc1nc2c(N/N=C/c3cccc(S(C)(=O)=O)c3)nc(Cl)nc2n1-c1ccccn1. The predicted molar refractivity (Wildman–Crippen MR) is 115 cm³/mol. The Hall–Kier alpha value is -3.37. The number of nitrogens with zero attached hydrogens (tertiary/aromatic N) is 6. The molecule has 0 aliphatic heterocycles. The highest BCUT2D eigenvalue weighted by Gasteiger charge is 2.17. The molecule has 1 N–H and O–H groups in total. The fraction of sp³-hybridized carbons (Fsp3) is 0.105. The number of halogens is 1. The molecule has 0 aliphatic carbocycles. The number of hydrazone groups is 1. The van der Waals surface area contributed by atoms with E-state index in [1.54, 1.807) is 22.9 Å². The summed E-state index contributed by atoms with van der Waals surface area (Å²) in [5.41, 5.74) is 4.39. The number of sulfone groups is 1. The van der Waals surface area contributed by atoms with E-state index in [1.807, 2.05) is 25.1 Å². The highest BCUT2D eigenvalue weighted by Crippen LogP contribution is 2.25. The summed E-state index contributed by atoms with van der Waals surface area (Å²) in [4.78, 5) is 17.5. The molecule has 0 radical (unpaired) electrons. The Bertz CT molecular complexity index is 1370. The monoisotopic (exact) mass is 441 g/mol. The number of aryl methyl sites for hydroxylation is 1. The van der Waals surface area contributed by atoms with Crippen LogP contribution in [0.3, 0.4) is 0 Å². The van der Waals surface area contributed by atoms with Crippen LogP contribution in [-0.2, 0) is 9.84 Å². The number of hydrogen-bond donors (Lipinski definition) is 1. The maximum atomic E-state index is 11.7. The number of nitrogens with one attached hydrogen (secondary N) is 1. The van der Waals surface area contributed by atoms with Crippen molar-refractivity contribution < 1.29 is 8.42 Å². The second kappa shape index (κ2) is 7.81. The standard InChI is InChI=1S/C19H16ClN7O2S/c1-12-23-16-17(26-22-11-13-6-5-7-14(10-13)30(2,28)29)24-19(20)25-18(16)27(12)15-8-3-4-9-21-15/h3-11H,1-2H3,(H,24,25,26)/b22-11+. The first kappa shape index (κ1) is 19.9. The summed E-state index contributed by atoms with van der Waals surface area (Å²) < 4.78 is 25.2. The van der Waals surface area contributed by atoms with E-state index < -0.39 is 9.84 Å². The summed E-state index contributed by atoms with van der Waals surface area (Å²) in [6.45, 7) is 1.83. The van der Waals surface area contributed by atoms with Crippen LogP contribution < -0.4 is 5.43 Å². The van der Waals surface area contributed by atoms with Crippen molar-refractivity contribution in [1.82, 2.24) is 24.5 Å². The quantitative estimate of drug-likeness (QED) is 0.287. The summed E-state index contributed by atoms with van der Waals surface area (Å²) in [6.07, 6.45) is 4.32. The smallest absolute Gasteiger partial charge is 0.226 e. The molecule has 0 aliphatic rings. The lowest BCUT2D eigenvalue weighted by Crippen LogP contribution is -2.02. The molecule has 0 saturated carbocycles. The molecular weight excluding hydrogens is 426 g/mol. The number of benzene rings is 1. The summed E-state index contributed by atoms with van der Waals surface area (Å²) in [7, 11) is -3.30. The van der Waals surface area contributed by atoms with Crippen LogP contribution in [0.5, 0.6) is 0 Å². The zero-order valence-electron chi connectivity index (χ0n) is 16.0. The number of aromatic nitrogens is 5. The molecule has 1 aromatic carbocycles. The van der Waals surface area contributed by atoms with Crippen molar-refractivity contribution in [2.75, 3.05) is 11.7 Å². The van der Waals surface area contributed by atoms with Crippen molar-refractivity contribution in [3.8, 4) is 5.82 Å². The number of rotatable bonds is 5. The van der Waals surface area contributed by atoms with E-state index in [0.717, 1.165) is 6.26 Å². The van der Waals surface area contributed by atoms with Gasteiger partial charge in [0, 0.05) is 12.5 Å². The molecule has 11 heteroatoms. The molecule has 0 saturated heterocycles. The average Bonchev–Trinajstić information content (AvgIpc) is 3.04. The normalized spacial score (nSPS) is 12.0. The van der Waals surface area contributed by atoms with Crippen LogP contribution in [0.25, 0.3) is 17.0 Å². The second-order valence-electron chi connectivity index (χ2n) is 6.41. The molecule has 0 fully saturated rings. The van der Waals surface area contributed by atoms with E-state index in [1.165, 1.54) is 18.3 Å². The Labute approximate surface area is 177 Å². The van der Waals surface area contributed by atoms with Gasteiger partial charge in [0.15, 0.2) is 26.8 Å². The van der Waals surface area contributed by atoms with Gasteiger partial charge in [-0.25, -0.2) is 18.4 Å². The maximum Gasteiger partial charge on any atom is 0.226 e. The van der Waals surface area contributed by atoms with Crippen molar-refractivity contribution in [2.24, 2.45) is 5.10 Å². The van der Waals surface area contributed by atoms with Gasteiger partial charge < -0.3 is 0 Å². The third-order valence-electron chi connectivity index (χ3n) is 4.20. The highest BCUT2D eigenvalue weighted by atomic mass is 35.5. The highest BCUT2D eigenvalue weighted by molar-refractivity contribution is 7.90. The Morgan fingerprint density at radius 2 is 1.97 bits per heavy atom. The number of pyridine rings is 1. The Morgan fingerprint density at radius 3 is 2.70 bits per heavy atom. The third kappa shape index (κ3) is 4.00. The van der Waals surface area contributed by atoms with Crippen LogP contribution in [0.15, 0.2) is 58.7 Å². The average molecular weight is 442 g/mol. The number of anilines is 1. The van der Waals surface area contributed by atoms with Gasteiger partial charge >= 0.3 is 0 Å². The van der Waals surface area contributed by atoms with Gasteiger partial charge in [-0.2, -0.15) is 15.1 Å². The van der Waals surface area contributed by atoms with Gasteiger partial charge in [-0.3, -0.25) is 9.99 Å². The van der Waals surface area contributed by atoms with Crippen LogP contribution >= 0.6 is 11.6 Å². The lowest BCUT2D eigenvalue weighted by molar-refractivity contribution is 0.602. The minimum Gasteiger partial charge on any atom is -0.264 e. The Kier molecular flexibility index (Phi) is 5.18. The van der Waals surface area contributed by atoms with E-state index in [2.05, 4.69) is 30.5 Å². The van der Waals surface area contributed by atoms with E-state index >= 15 is 0 Å². The number of hydrogen-bond acceptors (Lipinski definition) is 8. The van der Waals surface area contributed by atoms with Gasteiger partial charge in [0.25, 0.3) is 0 Å². The van der Waals surface area contributed by atoms with E-state index in [-0.39, 0.29) is 10.2 Å². The Morgan fingerprint density at radius 1 is 1.13 bits per heavy atom. The molecule has 0 bridgehead atoms. The van der Waals surface area contributed by atoms with Crippen molar-refractivity contribution in [3.05, 3.63) is 65.3 Å². The van der Waals surface area contributed by atoms with Crippen molar-refractivity contribution >= 4 is 44.6 Å². The van der Waals surface area contributed by atoms with Gasteiger partial charge in [0.1, 0.15) is 11.6 Å². The molecule has 4 rings (SSSR count). The predicted octanol–water partition coefficient (Wildman–Crippen LogP) is 3.02. The van der Waals surface area contributed by atoms with Gasteiger partial charge in [-0.15, -0.1) is 0 Å². The summed E-state index contributed by atoms with van der Waals surface area (Å²) in [5, 5.41) is 4.18. The topological polar surface area (TPSA) is 115 Å². The second-order valence-corrected chi connectivity index (χ2v) is 8.76. The number of imidazole rings is 1. The minimum atomic E-state index is -3.30. The van der Waals surface area contributed by atoms with Crippen LogP contribution in [0.2, 0.25) is 5.28 Å². The largest absolute Gasteiger partial charge is 0.264 e. The Balaban J connectivity index is 1.70. The van der Waals surface area contributed by atoms with Crippen molar-refractivity contribution in [2.45, 2.75) is 11.8 Å². The van der Waals surface area contributed by atoms with E-state index in [4.69, 9.17) is 11.6 Å². The fourth-order valence-electron chi connectivity index (χ4n) is 2.87. The molecule has 3 heterocycles. The molecule has 0 amide bonds. The van der Waals surface area contributed by atoms with Gasteiger partial charge in [-0.1, -0.05) is 18.2 Å². The van der Waals surface area contributed by atoms with Gasteiger partial charge in [-0.05, 0) is 48.4 Å². The molecule has 0 atom stereocenters. The first-order valence-electron chi connectivity index (χ1n) is 8.76. The number of fused-ring (bicyclic) bond motifs is 1. The first-order chi connectivity index (χ1) is 14.3. The lowest BCUT2D eigenvalue weighted by Gasteiger charge is -2.05.